The first-order valence-corrected chi connectivity index (χ1v) is 13.2. The molecule has 208 valence electrons. The monoisotopic (exact) mass is 541 g/mol. The van der Waals surface area contributed by atoms with Gasteiger partial charge >= 0.3 is 0 Å². The maximum atomic E-state index is 12.3. The second-order valence-corrected chi connectivity index (χ2v) is 9.92. The van der Waals surface area contributed by atoms with E-state index in [1.807, 2.05) is 45.4 Å². The van der Waals surface area contributed by atoms with Gasteiger partial charge in [0.05, 0.1) is 48.8 Å². The van der Waals surface area contributed by atoms with Crippen LogP contribution in [0.4, 0.5) is 23.0 Å². The molecule has 1 aliphatic heterocycles. The maximum absolute atomic E-state index is 12.3. The number of anilines is 4. The SMILES string of the molecule is C=CC(=O)Nc1cc(Nc2nccc(-c3c4n(c5ccccc35)CCOC4)n2)c(OC)cc1N(C)CCN(C)C. The number of carbonyl (C=O) groups excluding carboxylic acids is 1. The zero-order valence-electron chi connectivity index (χ0n) is 23.4. The lowest BCUT2D eigenvalue weighted by Gasteiger charge is -2.26. The van der Waals surface area contributed by atoms with E-state index in [1.54, 1.807) is 13.3 Å². The first kappa shape index (κ1) is 27.2. The number of hydrogen-bond acceptors (Lipinski definition) is 8. The number of hydrogen-bond donors (Lipinski definition) is 2. The number of benzene rings is 2. The Balaban J connectivity index is 1.53. The van der Waals surface area contributed by atoms with Crippen molar-refractivity contribution in [3.8, 4) is 17.0 Å². The van der Waals surface area contributed by atoms with Gasteiger partial charge in [-0.1, -0.05) is 24.8 Å². The maximum Gasteiger partial charge on any atom is 0.247 e. The van der Waals surface area contributed by atoms with Gasteiger partial charge in [-0.2, -0.15) is 0 Å². The number of ether oxygens (including phenoxy) is 2. The van der Waals surface area contributed by atoms with Gasteiger partial charge < -0.3 is 34.5 Å². The normalized spacial score (nSPS) is 12.7. The van der Waals surface area contributed by atoms with E-state index < -0.39 is 0 Å². The number of methoxy groups -OCH3 is 1. The van der Waals surface area contributed by atoms with E-state index in [-0.39, 0.29) is 5.91 Å². The summed E-state index contributed by atoms with van der Waals surface area (Å²) in [7, 11) is 7.64. The molecule has 0 atom stereocenters. The van der Waals surface area contributed by atoms with Crippen molar-refractivity contribution in [2.75, 3.05) is 63.5 Å². The fourth-order valence-corrected chi connectivity index (χ4v) is 4.96. The molecular formula is C30H35N7O3. The third-order valence-corrected chi connectivity index (χ3v) is 6.99. The molecule has 40 heavy (non-hydrogen) atoms. The van der Waals surface area contributed by atoms with Crippen LogP contribution in [0.25, 0.3) is 22.2 Å². The van der Waals surface area contributed by atoms with Gasteiger partial charge in [0, 0.05) is 55.4 Å². The second-order valence-electron chi connectivity index (χ2n) is 9.92. The Labute approximate surface area is 234 Å². The molecule has 0 saturated heterocycles. The number of likely N-dealkylation sites (N-methyl/N-ethyl adjacent to an activating group) is 2. The van der Waals surface area contributed by atoms with Gasteiger partial charge in [0.25, 0.3) is 0 Å². The molecule has 2 aromatic heterocycles. The summed E-state index contributed by atoms with van der Waals surface area (Å²) in [5, 5.41) is 7.37. The molecule has 10 nitrogen and oxygen atoms in total. The molecule has 2 N–H and O–H groups in total. The molecule has 3 heterocycles. The van der Waals surface area contributed by atoms with E-state index in [0.29, 0.717) is 36.3 Å². The zero-order valence-corrected chi connectivity index (χ0v) is 23.4. The fraction of sp³-hybridized carbons (Fsp3) is 0.300. The van der Waals surface area contributed by atoms with Gasteiger partial charge in [0.2, 0.25) is 11.9 Å². The Bertz CT molecular complexity index is 1550. The summed E-state index contributed by atoms with van der Waals surface area (Å²) in [4.78, 5) is 25.9. The number of fused-ring (bicyclic) bond motifs is 3. The fourth-order valence-electron chi connectivity index (χ4n) is 4.96. The van der Waals surface area contributed by atoms with Crippen LogP contribution in [0.3, 0.4) is 0 Å². The number of aromatic nitrogens is 3. The van der Waals surface area contributed by atoms with E-state index >= 15 is 0 Å². The molecule has 4 aromatic rings. The number of amides is 1. The van der Waals surface area contributed by atoms with Gasteiger partial charge in [0.15, 0.2) is 0 Å². The van der Waals surface area contributed by atoms with Crippen molar-refractivity contribution in [1.82, 2.24) is 19.4 Å². The Morgan fingerprint density at radius 2 is 2.00 bits per heavy atom. The highest BCUT2D eigenvalue weighted by molar-refractivity contribution is 6.02. The minimum atomic E-state index is -0.302. The standard InChI is InChI=1S/C30H35N7O3/c1-6-28(38)32-22-17-23(27(39-5)18-25(22)36(4)14-13-35(2)3)34-30-31-12-11-21(33-30)29-20-9-7-8-10-24(20)37-15-16-40-19-26(29)37/h6-12,17-18H,1,13-16,19H2,2-5H3,(H,32,38)(H,31,33,34). The highest BCUT2D eigenvalue weighted by Gasteiger charge is 2.23. The van der Waals surface area contributed by atoms with Gasteiger partial charge in [-0.05, 0) is 38.4 Å². The smallest absolute Gasteiger partial charge is 0.247 e. The number of nitrogens with zero attached hydrogens (tertiary/aromatic N) is 5. The molecule has 0 unspecified atom stereocenters. The van der Waals surface area contributed by atoms with Crippen LogP contribution >= 0.6 is 0 Å². The van der Waals surface area contributed by atoms with E-state index in [0.717, 1.165) is 47.7 Å². The summed E-state index contributed by atoms with van der Waals surface area (Å²) < 4.78 is 13.9. The molecule has 0 fully saturated rings. The topological polar surface area (TPSA) is 96.8 Å². The summed E-state index contributed by atoms with van der Waals surface area (Å²) in [5.41, 5.74) is 6.18. The Morgan fingerprint density at radius 3 is 2.77 bits per heavy atom. The van der Waals surface area contributed by atoms with Crippen molar-refractivity contribution in [3.05, 3.63) is 67.0 Å². The van der Waals surface area contributed by atoms with Crippen molar-refractivity contribution in [3.63, 3.8) is 0 Å². The molecule has 0 radical (unpaired) electrons. The lowest BCUT2D eigenvalue weighted by molar-refractivity contribution is -0.111. The highest BCUT2D eigenvalue weighted by atomic mass is 16.5. The average Bonchev–Trinajstić information content (AvgIpc) is 3.30. The summed E-state index contributed by atoms with van der Waals surface area (Å²) in [6.45, 7) is 7.22. The Morgan fingerprint density at radius 1 is 1.18 bits per heavy atom. The van der Waals surface area contributed by atoms with Crippen molar-refractivity contribution < 1.29 is 14.3 Å². The van der Waals surface area contributed by atoms with E-state index in [2.05, 4.69) is 54.8 Å². The number of para-hydroxylation sites is 1. The molecule has 10 heteroatoms. The first-order valence-electron chi connectivity index (χ1n) is 13.2. The van der Waals surface area contributed by atoms with Crippen LogP contribution in [0.15, 0.2) is 61.3 Å². The third-order valence-electron chi connectivity index (χ3n) is 6.99. The molecular weight excluding hydrogens is 506 g/mol. The van der Waals surface area contributed by atoms with E-state index in [1.165, 1.54) is 11.6 Å². The van der Waals surface area contributed by atoms with Crippen LogP contribution in [-0.2, 0) is 22.7 Å². The molecule has 0 saturated carbocycles. The van der Waals surface area contributed by atoms with Crippen LogP contribution in [0.2, 0.25) is 0 Å². The van der Waals surface area contributed by atoms with Crippen molar-refractivity contribution in [2.45, 2.75) is 13.2 Å². The largest absolute Gasteiger partial charge is 0.494 e. The van der Waals surface area contributed by atoms with Crippen molar-refractivity contribution in [2.24, 2.45) is 0 Å². The van der Waals surface area contributed by atoms with Crippen molar-refractivity contribution in [1.29, 1.82) is 0 Å². The highest BCUT2D eigenvalue weighted by Crippen LogP contribution is 2.39. The van der Waals surface area contributed by atoms with Gasteiger partial charge in [-0.25, -0.2) is 9.97 Å². The van der Waals surface area contributed by atoms with E-state index in [9.17, 15) is 4.79 Å². The predicted octanol–water partition coefficient (Wildman–Crippen LogP) is 4.50. The van der Waals surface area contributed by atoms with Crippen LogP contribution in [0.1, 0.15) is 5.69 Å². The molecule has 0 bridgehead atoms. The third kappa shape index (κ3) is 5.49. The van der Waals surface area contributed by atoms with Crippen LogP contribution in [0.5, 0.6) is 5.75 Å². The minimum absolute atomic E-state index is 0.302. The predicted molar refractivity (Wildman–Crippen MR) is 160 cm³/mol. The van der Waals surface area contributed by atoms with Crippen LogP contribution in [-0.4, -0.2) is 73.3 Å². The van der Waals surface area contributed by atoms with E-state index in [4.69, 9.17) is 14.5 Å². The van der Waals surface area contributed by atoms with Crippen LogP contribution < -0.4 is 20.3 Å². The van der Waals surface area contributed by atoms with Crippen molar-refractivity contribution >= 4 is 39.8 Å². The number of rotatable bonds is 10. The van der Waals surface area contributed by atoms with Crippen LogP contribution in [0, 0.1) is 0 Å². The molecule has 2 aromatic carbocycles. The summed E-state index contributed by atoms with van der Waals surface area (Å²) in [6.07, 6.45) is 2.99. The Kier molecular flexibility index (Phi) is 7.99. The molecule has 1 aliphatic rings. The number of carbonyl (C=O) groups is 1. The van der Waals surface area contributed by atoms with Gasteiger partial charge in [-0.15, -0.1) is 0 Å². The molecule has 0 spiro atoms. The number of nitrogens with one attached hydrogen (secondary N) is 2. The minimum Gasteiger partial charge on any atom is -0.494 e. The summed E-state index contributed by atoms with van der Waals surface area (Å²) in [6, 6.07) is 14.0. The first-order chi connectivity index (χ1) is 19.4. The van der Waals surface area contributed by atoms with Gasteiger partial charge in [-0.3, -0.25) is 4.79 Å². The summed E-state index contributed by atoms with van der Waals surface area (Å²) >= 11 is 0. The summed E-state index contributed by atoms with van der Waals surface area (Å²) in [5.74, 6) is 0.702. The zero-order chi connectivity index (χ0) is 28.2. The molecule has 0 aliphatic carbocycles. The second kappa shape index (κ2) is 11.8. The van der Waals surface area contributed by atoms with Gasteiger partial charge in [0.1, 0.15) is 5.75 Å². The quantitative estimate of drug-likeness (QED) is 0.283. The average molecular weight is 542 g/mol. The molecule has 1 amide bonds. The lowest BCUT2D eigenvalue weighted by Crippen LogP contribution is -2.29. The Hall–Kier alpha value is -4.41. The molecule has 5 rings (SSSR count). The lowest BCUT2D eigenvalue weighted by atomic mass is 10.1.